The first kappa shape index (κ1) is 17.1. The van der Waals surface area contributed by atoms with Crippen LogP contribution < -0.4 is 10.6 Å². The highest BCUT2D eigenvalue weighted by molar-refractivity contribution is 5.95. The molecule has 0 unspecified atom stereocenters. The van der Waals surface area contributed by atoms with E-state index in [0.29, 0.717) is 16.8 Å². The second-order valence-corrected chi connectivity index (χ2v) is 5.29. The summed E-state index contributed by atoms with van der Waals surface area (Å²) in [7, 11) is 0. The van der Waals surface area contributed by atoms with Crippen molar-refractivity contribution in [3.05, 3.63) is 63.7 Å². The van der Waals surface area contributed by atoms with Crippen LogP contribution in [0.15, 0.2) is 42.5 Å². The second-order valence-electron chi connectivity index (χ2n) is 5.29. The van der Waals surface area contributed by atoms with Crippen LogP contribution in [0.5, 0.6) is 0 Å². The number of hydrogen-bond donors (Lipinski definition) is 2. The number of hydrogen-bond acceptors (Lipinski definition) is 5. The molecule has 2 aromatic rings. The molecule has 0 aliphatic heterocycles. The van der Waals surface area contributed by atoms with E-state index in [4.69, 9.17) is 0 Å². The molecule has 0 atom stereocenters. The first-order chi connectivity index (χ1) is 11.4. The van der Waals surface area contributed by atoms with E-state index in [1.807, 2.05) is 0 Å². The van der Waals surface area contributed by atoms with Gasteiger partial charge in [0, 0.05) is 29.1 Å². The average molecular weight is 327 g/mol. The van der Waals surface area contributed by atoms with Gasteiger partial charge in [-0.25, -0.2) is 0 Å². The van der Waals surface area contributed by atoms with Gasteiger partial charge in [0.25, 0.3) is 5.69 Å². The summed E-state index contributed by atoms with van der Waals surface area (Å²) < 4.78 is 0. The number of rotatable bonds is 6. The molecule has 0 aliphatic carbocycles. The van der Waals surface area contributed by atoms with Gasteiger partial charge in [0.05, 0.1) is 11.5 Å². The second kappa shape index (κ2) is 7.36. The maximum atomic E-state index is 12.0. The van der Waals surface area contributed by atoms with Gasteiger partial charge in [-0.2, -0.15) is 0 Å². The monoisotopic (exact) mass is 327 g/mol. The summed E-state index contributed by atoms with van der Waals surface area (Å²) in [4.78, 5) is 33.4. The molecule has 0 bridgehead atoms. The standard InChI is InChI=1S/C17H17N3O4/c1-11-9-15(20(23)24)7-8-16(11)19-17(22)10-18-14-5-3-13(4-6-14)12(2)21/h3-9,18H,10H2,1-2H3,(H,19,22). The Morgan fingerprint density at radius 3 is 2.33 bits per heavy atom. The minimum Gasteiger partial charge on any atom is -0.376 e. The number of nitro benzene ring substituents is 1. The summed E-state index contributed by atoms with van der Waals surface area (Å²) in [6.07, 6.45) is 0. The third kappa shape index (κ3) is 4.39. The Morgan fingerprint density at radius 1 is 1.12 bits per heavy atom. The topological polar surface area (TPSA) is 101 Å². The van der Waals surface area contributed by atoms with Gasteiger partial charge in [0.1, 0.15) is 0 Å². The van der Waals surface area contributed by atoms with E-state index in [1.165, 1.54) is 25.1 Å². The molecule has 2 N–H and O–H groups in total. The van der Waals surface area contributed by atoms with Crippen LogP contribution in [0.25, 0.3) is 0 Å². The summed E-state index contributed by atoms with van der Waals surface area (Å²) in [6, 6.07) is 11.1. The van der Waals surface area contributed by atoms with Crippen molar-refractivity contribution in [3.8, 4) is 0 Å². The SMILES string of the molecule is CC(=O)c1ccc(NCC(=O)Nc2ccc([N+](=O)[O-])cc2C)cc1. The lowest BCUT2D eigenvalue weighted by molar-refractivity contribution is -0.384. The van der Waals surface area contributed by atoms with Crippen molar-refractivity contribution in [2.24, 2.45) is 0 Å². The quantitative estimate of drug-likeness (QED) is 0.482. The van der Waals surface area contributed by atoms with Crippen molar-refractivity contribution in [1.29, 1.82) is 0 Å². The minimum atomic E-state index is -0.481. The van der Waals surface area contributed by atoms with Crippen LogP contribution in [0.3, 0.4) is 0 Å². The molecule has 24 heavy (non-hydrogen) atoms. The minimum absolute atomic E-state index is 0.0193. The Hall–Kier alpha value is -3.22. The van der Waals surface area contributed by atoms with Crippen molar-refractivity contribution in [3.63, 3.8) is 0 Å². The largest absolute Gasteiger partial charge is 0.376 e. The van der Waals surface area contributed by atoms with Crippen LogP contribution in [-0.2, 0) is 4.79 Å². The highest BCUT2D eigenvalue weighted by Crippen LogP contribution is 2.21. The highest BCUT2D eigenvalue weighted by atomic mass is 16.6. The van der Waals surface area contributed by atoms with E-state index in [0.717, 1.165) is 5.69 Å². The smallest absolute Gasteiger partial charge is 0.269 e. The highest BCUT2D eigenvalue weighted by Gasteiger charge is 2.10. The van der Waals surface area contributed by atoms with E-state index in [1.54, 1.807) is 31.2 Å². The van der Waals surface area contributed by atoms with Crippen molar-refractivity contribution in [2.45, 2.75) is 13.8 Å². The maximum Gasteiger partial charge on any atom is 0.269 e. The van der Waals surface area contributed by atoms with E-state index in [9.17, 15) is 19.7 Å². The number of nitrogens with one attached hydrogen (secondary N) is 2. The maximum absolute atomic E-state index is 12.0. The third-order valence-corrected chi connectivity index (χ3v) is 3.44. The fourth-order valence-electron chi connectivity index (χ4n) is 2.10. The molecular formula is C17H17N3O4. The van der Waals surface area contributed by atoms with Crippen LogP contribution in [0, 0.1) is 17.0 Å². The number of carbonyl (C=O) groups excluding carboxylic acids is 2. The molecule has 0 saturated heterocycles. The molecule has 124 valence electrons. The summed E-state index contributed by atoms with van der Waals surface area (Å²) >= 11 is 0. The van der Waals surface area contributed by atoms with E-state index in [2.05, 4.69) is 10.6 Å². The number of Topliss-reactive ketones (excluding diaryl/α,β-unsaturated/α-hetero) is 1. The predicted molar refractivity (Wildman–Crippen MR) is 91.4 cm³/mol. The summed E-state index contributed by atoms with van der Waals surface area (Å²) in [5, 5.41) is 16.3. The Kier molecular flexibility index (Phi) is 5.26. The Labute approximate surface area is 138 Å². The third-order valence-electron chi connectivity index (χ3n) is 3.44. The fourth-order valence-corrected chi connectivity index (χ4v) is 2.10. The Bertz CT molecular complexity index is 785. The molecule has 2 aromatic carbocycles. The first-order valence-electron chi connectivity index (χ1n) is 7.26. The summed E-state index contributed by atoms with van der Waals surface area (Å²) in [5.74, 6) is -0.296. The summed E-state index contributed by atoms with van der Waals surface area (Å²) in [5.41, 5.74) is 2.44. The van der Waals surface area contributed by atoms with Crippen molar-refractivity contribution in [1.82, 2.24) is 0 Å². The van der Waals surface area contributed by atoms with E-state index < -0.39 is 4.92 Å². The van der Waals surface area contributed by atoms with Gasteiger partial charge in [-0.05, 0) is 49.7 Å². The number of nitrogens with zero attached hydrogens (tertiary/aromatic N) is 1. The normalized spacial score (nSPS) is 10.1. The molecule has 0 saturated carbocycles. The van der Waals surface area contributed by atoms with Crippen LogP contribution >= 0.6 is 0 Å². The van der Waals surface area contributed by atoms with Gasteiger partial charge in [-0.1, -0.05) is 0 Å². The molecule has 7 heteroatoms. The predicted octanol–water partition coefficient (Wildman–Crippen LogP) is 3.16. The van der Waals surface area contributed by atoms with Crippen molar-refractivity contribution in [2.75, 3.05) is 17.2 Å². The molecule has 0 aromatic heterocycles. The van der Waals surface area contributed by atoms with E-state index in [-0.39, 0.29) is 23.9 Å². The van der Waals surface area contributed by atoms with Crippen LogP contribution in [0.2, 0.25) is 0 Å². The van der Waals surface area contributed by atoms with Crippen molar-refractivity contribution < 1.29 is 14.5 Å². The number of benzene rings is 2. The Morgan fingerprint density at radius 2 is 1.79 bits per heavy atom. The van der Waals surface area contributed by atoms with Crippen molar-refractivity contribution >= 4 is 28.8 Å². The van der Waals surface area contributed by atoms with Crippen LogP contribution in [-0.4, -0.2) is 23.2 Å². The number of carbonyl (C=O) groups is 2. The number of ketones is 1. The number of non-ortho nitro benzene ring substituents is 1. The van der Waals surface area contributed by atoms with Crippen LogP contribution in [0.4, 0.5) is 17.1 Å². The molecule has 7 nitrogen and oxygen atoms in total. The molecule has 1 amide bonds. The molecule has 0 aliphatic rings. The fraction of sp³-hybridized carbons (Fsp3) is 0.176. The molecular weight excluding hydrogens is 310 g/mol. The summed E-state index contributed by atoms with van der Waals surface area (Å²) in [6.45, 7) is 3.22. The molecule has 0 radical (unpaired) electrons. The van der Waals surface area contributed by atoms with Gasteiger partial charge in [-0.3, -0.25) is 19.7 Å². The zero-order chi connectivity index (χ0) is 17.7. The lowest BCUT2D eigenvalue weighted by Crippen LogP contribution is -2.22. The van der Waals surface area contributed by atoms with Gasteiger partial charge >= 0.3 is 0 Å². The number of amides is 1. The number of anilines is 2. The zero-order valence-electron chi connectivity index (χ0n) is 13.3. The van der Waals surface area contributed by atoms with Crippen LogP contribution in [0.1, 0.15) is 22.8 Å². The molecule has 0 heterocycles. The molecule has 0 spiro atoms. The molecule has 0 fully saturated rings. The number of aryl methyl sites for hydroxylation is 1. The molecule has 2 rings (SSSR count). The lowest BCUT2D eigenvalue weighted by atomic mass is 10.1. The van der Waals surface area contributed by atoms with Gasteiger partial charge < -0.3 is 10.6 Å². The van der Waals surface area contributed by atoms with Gasteiger partial charge in [-0.15, -0.1) is 0 Å². The lowest BCUT2D eigenvalue weighted by Gasteiger charge is -2.10. The van der Waals surface area contributed by atoms with Gasteiger partial charge in [0.15, 0.2) is 5.78 Å². The average Bonchev–Trinajstić information content (AvgIpc) is 2.55. The van der Waals surface area contributed by atoms with Gasteiger partial charge in [0.2, 0.25) is 5.91 Å². The Balaban J connectivity index is 1.93. The van der Waals surface area contributed by atoms with E-state index >= 15 is 0 Å². The number of nitro groups is 1. The first-order valence-corrected chi connectivity index (χ1v) is 7.26. The zero-order valence-corrected chi connectivity index (χ0v) is 13.3.